The van der Waals surface area contributed by atoms with Gasteiger partial charge in [-0.1, -0.05) is 36.8 Å². The van der Waals surface area contributed by atoms with E-state index in [0.717, 1.165) is 17.5 Å². The number of carbonyl (C=O) groups is 2. The van der Waals surface area contributed by atoms with Gasteiger partial charge in [0.05, 0.1) is 12.0 Å². The number of aryl methyl sites for hydroxylation is 1. The van der Waals surface area contributed by atoms with Crippen LogP contribution in [0.2, 0.25) is 0 Å². The number of nitrogens with zero attached hydrogens (tertiary/aromatic N) is 1. The Labute approximate surface area is 113 Å². The van der Waals surface area contributed by atoms with Crippen molar-refractivity contribution in [3.8, 4) is 0 Å². The monoisotopic (exact) mass is 261 g/mol. The summed E-state index contributed by atoms with van der Waals surface area (Å²) >= 11 is 0. The van der Waals surface area contributed by atoms with Gasteiger partial charge < -0.3 is 10.0 Å². The maximum atomic E-state index is 12.0. The van der Waals surface area contributed by atoms with Gasteiger partial charge in [0.2, 0.25) is 5.91 Å². The lowest BCUT2D eigenvalue weighted by atomic mass is 9.93. The van der Waals surface area contributed by atoms with Gasteiger partial charge in [-0.3, -0.25) is 9.59 Å². The van der Waals surface area contributed by atoms with Crippen molar-refractivity contribution in [2.45, 2.75) is 32.7 Å². The summed E-state index contributed by atoms with van der Waals surface area (Å²) in [5.74, 6) is -1.58. The molecule has 0 aliphatic carbocycles. The molecule has 1 amide bonds. The van der Waals surface area contributed by atoms with Crippen molar-refractivity contribution < 1.29 is 14.7 Å². The van der Waals surface area contributed by atoms with Crippen molar-refractivity contribution in [2.75, 3.05) is 6.54 Å². The van der Waals surface area contributed by atoms with Crippen LogP contribution in [-0.4, -0.2) is 28.4 Å². The molecule has 1 aromatic carbocycles. The average molecular weight is 261 g/mol. The summed E-state index contributed by atoms with van der Waals surface area (Å²) in [5, 5.41) is 9.34. The molecule has 1 aliphatic rings. The molecule has 2 atom stereocenters. The molecule has 1 N–H and O–H groups in total. The highest BCUT2D eigenvalue weighted by Gasteiger charge is 2.44. The lowest BCUT2D eigenvalue weighted by molar-refractivity contribution is -0.142. The van der Waals surface area contributed by atoms with Gasteiger partial charge >= 0.3 is 5.97 Å². The number of hydrogen-bond donors (Lipinski definition) is 1. The van der Waals surface area contributed by atoms with E-state index in [4.69, 9.17) is 0 Å². The SMILES string of the molecule is CCCN1C(=O)CC(C(=O)O)C1c1cccc(C)c1. The first-order chi connectivity index (χ1) is 9.04. The molecule has 0 saturated carbocycles. The molecule has 19 heavy (non-hydrogen) atoms. The maximum absolute atomic E-state index is 12.0. The fourth-order valence-corrected chi connectivity index (χ4v) is 2.78. The van der Waals surface area contributed by atoms with Crippen LogP contribution in [0.3, 0.4) is 0 Å². The first-order valence-electron chi connectivity index (χ1n) is 6.63. The van der Waals surface area contributed by atoms with E-state index in [-0.39, 0.29) is 18.4 Å². The molecular weight excluding hydrogens is 242 g/mol. The van der Waals surface area contributed by atoms with Crippen molar-refractivity contribution in [2.24, 2.45) is 5.92 Å². The van der Waals surface area contributed by atoms with Crippen LogP contribution in [-0.2, 0) is 9.59 Å². The number of carboxylic acid groups (broad SMARTS) is 1. The quantitative estimate of drug-likeness (QED) is 0.905. The predicted molar refractivity (Wildman–Crippen MR) is 71.7 cm³/mol. The standard InChI is InChI=1S/C15H19NO3/c1-3-7-16-13(17)9-12(15(18)19)14(16)11-6-4-5-10(2)8-11/h4-6,8,12,14H,3,7,9H2,1-2H3,(H,18,19). The second kappa shape index (κ2) is 5.43. The van der Waals surface area contributed by atoms with Crippen molar-refractivity contribution in [3.63, 3.8) is 0 Å². The molecule has 1 saturated heterocycles. The minimum Gasteiger partial charge on any atom is -0.481 e. The Bertz CT molecular complexity index is 498. The number of aliphatic carboxylic acids is 1. The number of carbonyl (C=O) groups excluding carboxylic acids is 1. The summed E-state index contributed by atoms with van der Waals surface area (Å²) in [6.07, 6.45) is 0.939. The van der Waals surface area contributed by atoms with Gasteiger partial charge in [0, 0.05) is 13.0 Å². The van der Waals surface area contributed by atoms with Gasteiger partial charge in [-0.15, -0.1) is 0 Å². The Kier molecular flexibility index (Phi) is 3.88. The zero-order valence-corrected chi connectivity index (χ0v) is 11.3. The fourth-order valence-electron chi connectivity index (χ4n) is 2.78. The second-order valence-electron chi connectivity index (χ2n) is 5.09. The Morgan fingerprint density at radius 2 is 2.21 bits per heavy atom. The van der Waals surface area contributed by atoms with E-state index in [1.165, 1.54) is 0 Å². The minimum absolute atomic E-state index is 0.0549. The Morgan fingerprint density at radius 1 is 1.47 bits per heavy atom. The van der Waals surface area contributed by atoms with Crippen LogP contribution in [0.25, 0.3) is 0 Å². The molecule has 1 aliphatic heterocycles. The molecule has 0 aromatic heterocycles. The number of amides is 1. The third-order valence-electron chi connectivity index (χ3n) is 3.60. The minimum atomic E-state index is -0.890. The Hall–Kier alpha value is -1.84. The van der Waals surface area contributed by atoms with Gasteiger partial charge in [-0.05, 0) is 18.9 Å². The third-order valence-corrected chi connectivity index (χ3v) is 3.60. The first kappa shape index (κ1) is 13.6. The number of rotatable bonds is 4. The van der Waals surface area contributed by atoms with E-state index in [1.54, 1.807) is 4.90 Å². The highest BCUT2D eigenvalue weighted by Crippen LogP contribution is 2.38. The van der Waals surface area contributed by atoms with Crippen molar-refractivity contribution >= 4 is 11.9 Å². The third kappa shape index (κ3) is 2.62. The van der Waals surface area contributed by atoms with Crippen LogP contribution in [0.1, 0.15) is 36.9 Å². The molecule has 102 valence electrons. The maximum Gasteiger partial charge on any atom is 0.309 e. The first-order valence-corrected chi connectivity index (χ1v) is 6.63. The van der Waals surface area contributed by atoms with E-state index in [2.05, 4.69) is 0 Å². The molecule has 0 bridgehead atoms. The molecule has 2 rings (SSSR count). The van der Waals surface area contributed by atoms with Crippen molar-refractivity contribution in [1.29, 1.82) is 0 Å². The molecule has 2 unspecified atom stereocenters. The summed E-state index contributed by atoms with van der Waals surface area (Å²) in [6.45, 7) is 4.58. The normalized spacial score (nSPS) is 22.8. The van der Waals surface area contributed by atoms with Crippen LogP contribution in [0.15, 0.2) is 24.3 Å². The van der Waals surface area contributed by atoms with E-state index < -0.39 is 11.9 Å². The van der Waals surface area contributed by atoms with Crippen LogP contribution >= 0.6 is 0 Å². The molecule has 0 spiro atoms. The van der Waals surface area contributed by atoms with Crippen LogP contribution < -0.4 is 0 Å². The lowest BCUT2D eigenvalue weighted by Gasteiger charge is -2.27. The molecule has 1 aromatic rings. The van der Waals surface area contributed by atoms with Gasteiger partial charge in [0.15, 0.2) is 0 Å². The smallest absolute Gasteiger partial charge is 0.309 e. The van der Waals surface area contributed by atoms with Crippen molar-refractivity contribution in [1.82, 2.24) is 4.90 Å². The largest absolute Gasteiger partial charge is 0.481 e. The van der Waals surface area contributed by atoms with Gasteiger partial charge in [-0.25, -0.2) is 0 Å². The van der Waals surface area contributed by atoms with Gasteiger partial charge in [-0.2, -0.15) is 0 Å². The fraction of sp³-hybridized carbons (Fsp3) is 0.467. The van der Waals surface area contributed by atoms with Crippen LogP contribution in [0, 0.1) is 12.8 Å². The molecule has 1 heterocycles. The highest BCUT2D eigenvalue weighted by molar-refractivity contribution is 5.87. The zero-order chi connectivity index (χ0) is 14.0. The number of carboxylic acids is 1. The summed E-state index contributed by atoms with van der Waals surface area (Å²) < 4.78 is 0. The summed E-state index contributed by atoms with van der Waals surface area (Å²) in [7, 11) is 0. The zero-order valence-electron chi connectivity index (χ0n) is 11.3. The molecule has 4 heteroatoms. The molecule has 1 fully saturated rings. The van der Waals surface area contributed by atoms with Crippen molar-refractivity contribution in [3.05, 3.63) is 35.4 Å². The van der Waals surface area contributed by atoms with E-state index in [1.807, 2.05) is 38.1 Å². The van der Waals surface area contributed by atoms with Gasteiger partial charge in [0.1, 0.15) is 0 Å². The average Bonchev–Trinajstić information content (AvgIpc) is 2.68. The van der Waals surface area contributed by atoms with E-state index in [9.17, 15) is 14.7 Å². The molecule has 0 radical (unpaired) electrons. The van der Waals surface area contributed by atoms with Crippen LogP contribution in [0.5, 0.6) is 0 Å². The summed E-state index contributed by atoms with van der Waals surface area (Å²) in [4.78, 5) is 25.1. The lowest BCUT2D eigenvalue weighted by Crippen LogP contribution is -2.31. The molecular formula is C15H19NO3. The summed E-state index contributed by atoms with van der Waals surface area (Å²) in [5.41, 5.74) is 2.00. The predicted octanol–water partition coefficient (Wildman–Crippen LogP) is 2.38. The van der Waals surface area contributed by atoms with Crippen LogP contribution in [0.4, 0.5) is 0 Å². The summed E-state index contributed by atoms with van der Waals surface area (Å²) in [6, 6.07) is 7.44. The number of likely N-dealkylation sites (tertiary alicyclic amines) is 1. The topological polar surface area (TPSA) is 57.6 Å². The Balaban J connectivity index is 2.40. The number of benzene rings is 1. The molecule has 4 nitrogen and oxygen atoms in total. The van der Waals surface area contributed by atoms with Gasteiger partial charge in [0.25, 0.3) is 0 Å². The van der Waals surface area contributed by atoms with E-state index in [0.29, 0.717) is 6.54 Å². The number of hydrogen-bond acceptors (Lipinski definition) is 2. The van der Waals surface area contributed by atoms with E-state index >= 15 is 0 Å². The second-order valence-corrected chi connectivity index (χ2v) is 5.09. The highest BCUT2D eigenvalue weighted by atomic mass is 16.4. The Morgan fingerprint density at radius 3 is 2.79 bits per heavy atom.